The van der Waals surface area contributed by atoms with Crippen LogP contribution in [0.4, 0.5) is 0 Å². The fourth-order valence-electron chi connectivity index (χ4n) is 1.74. The van der Waals surface area contributed by atoms with Crippen LogP contribution < -0.4 is 10.6 Å². The number of amides is 2. The third-order valence-corrected chi connectivity index (χ3v) is 2.86. The number of nitrogens with one attached hydrogen (secondary N) is 2. The summed E-state index contributed by atoms with van der Waals surface area (Å²) in [7, 11) is 0. The topological polar surface area (TPSA) is 78.4 Å². The molecule has 0 radical (unpaired) electrons. The first-order valence-electron chi connectivity index (χ1n) is 6.52. The second kappa shape index (κ2) is 7.21. The van der Waals surface area contributed by atoms with Gasteiger partial charge in [0.2, 0.25) is 6.23 Å². The molecule has 0 spiro atoms. The molecule has 0 saturated heterocycles. The monoisotopic (exact) mass is 284 g/mol. The quantitative estimate of drug-likeness (QED) is 0.718. The Morgan fingerprint density at radius 3 is 2.14 bits per heavy atom. The van der Waals surface area contributed by atoms with Crippen LogP contribution in [0.3, 0.4) is 0 Å². The van der Waals surface area contributed by atoms with Crippen LogP contribution in [0, 0.1) is 0 Å². The first-order valence-corrected chi connectivity index (χ1v) is 6.52. The van der Waals surface area contributed by atoms with Crippen molar-refractivity contribution in [2.24, 2.45) is 0 Å². The normalized spacial score (nSPS) is 11.5. The van der Waals surface area contributed by atoms with E-state index in [1.807, 2.05) is 30.3 Å². The summed E-state index contributed by atoms with van der Waals surface area (Å²) in [4.78, 5) is 23.5. The fraction of sp³-hybridized carbons (Fsp3) is 0.125. The number of aliphatic hydroxyl groups is 1. The smallest absolute Gasteiger partial charge is 0.270 e. The second-order valence-electron chi connectivity index (χ2n) is 4.45. The first kappa shape index (κ1) is 14.7. The summed E-state index contributed by atoms with van der Waals surface area (Å²) in [6, 6.07) is 17.7. The number of rotatable bonds is 5. The van der Waals surface area contributed by atoms with E-state index in [0.717, 1.165) is 5.56 Å². The van der Waals surface area contributed by atoms with Crippen LogP contribution in [0.5, 0.6) is 0 Å². The van der Waals surface area contributed by atoms with Gasteiger partial charge in [-0.15, -0.1) is 0 Å². The largest absolute Gasteiger partial charge is 0.365 e. The van der Waals surface area contributed by atoms with Gasteiger partial charge in [0.1, 0.15) is 0 Å². The van der Waals surface area contributed by atoms with Crippen molar-refractivity contribution in [2.75, 3.05) is 0 Å². The van der Waals surface area contributed by atoms with Crippen molar-refractivity contribution in [1.82, 2.24) is 10.6 Å². The molecule has 0 heterocycles. The number of carbonyl (C=O) groups excluding carboxylic acids is 2. The Balaban J connectivity index is 1.84. The van der Waals surface area contributed by atoms with Crippen LogP contribution in [0.15, 0.2) is 60.7 Å². The SMILES string of the molecule is O=C(NC(O)C(=O)NCc1ccccc1)c1ccccc1. The van der Waals surface area contributed by atoms with Crippen LogP contribution >= 0.6 is 0 Å². The molecular weight excluding hydrogens is 268 g/mol. The van der Waals surface area contributed by atoms with Crippen molar-refractivity contribution in [3.8, 4) is 0 Å². The van der Waals surface area contributed by atoms with Gasteiger partial charge in [-0.25, -0.2) is 0 Å². The van der Waals surface area contributed by atoms with Gasteiger partial charge in [0.25, 0.3) is 11.8 Å². The lowest BCUT2D eigenvalue weighted by molar-refractivity contribution is -0.130. The number of hydrogen-bond acceptors (Lipinski definition) is 3. The van der Waals surface area contributed by atoms with Gasteiger partial charge in [0, 0.05) is 12.1 Å². The number of hydrogen-bond donors (Lipinski definition) is 3. The predicted octanol–water partition coefficient (Wildman–Crippen LogP) is 1.05. The van der Waals surface area contributed by atoms with Gasteiger partial charge < -0.3 is 15.7 Å². The zero-order valence-electron chi connectivity index (χ0n) is 11.3. The lowest BCUT2D eigenvalue weighted by atomic mass is 10.2. The van der Waals surface area contributed by atoms with Crippen molar-refractivity contribution >= 4 is 11.8 Å². The van der Waals surface area contributed by atoms with E-state index in [2.05, 4.69) is 10.6 Å². The van der Waals surface area contributed by atoms with Crippen LogP contribution in [-0.2, 0) is 11.3 Å². The van der Waals surface area contributed by atoms with Gasteiger partial charge in [-0.2, -0.15) is 0 Å². The van der Waals surface area contributed by atoms with Crippen molar-refractivity contribution < 1.29 is 14.7 Å². The van der Waals surface area contributed by atoms with Crippen molar-refractivity contribution in [3.05, 3.63) is 71.8 Å². The number of aliphatic hydroxyl groups excluding tert-OH is 1. The van der Waals surface area contributed by atoms with Gasteiger partial charge >= 0.3 is 0 Å². The summed E-state index contributed by atoms with van der Waals surface area (Å²) < 4.78 is 0. The van der Waals surface area contributed by atoms with Crippen LogP contribution in [0.25, 0.3) is 0 Å². The van der Waals surface area contributed by atoms with Crippen molar-refractivity contribution in [1.29, 1.82) is 0 Å². The van der Waals surface area contributed by atoms with Crippen molar-refractivity contribution in [3.63, 3.8) is 0 Å². The van der Waals surface area contributed by atoms with E-state index in [-0.39, 0.29) is 6.54 Å². The molecule has 0 aliphatic heterocycles. The molecule has 0 aromatic heterocycles. The van der Waals surface area contributed by atoms with Gasteiger partial charge in [-0.1, -0.05) is 48.5 Å². The highest BCUT2D eigenvalue weighted by Crippen LogP contribution is 1.99. The van der Waals surface area contributed by atoms with Crippen LogP contribution in [0.1, 0.15) is 15.9 Å². The Kier molecular flexibility index (Phi) is 5.06. The zero-order valence-corrected chi connectivity index (χ0v) is 11.3. The maximum atomic E-state index is 11.8. The fourth-order valence-corrected chi connectivity index (χ4v) is 1.74. The Bertz CT molecular complexity index is 599. The van der Waals surface area contributed by atoms with Crippen LogP contribution in [0.2, 0.25) is 0 Å². The molecule has 0 bridgehead atoms. The molecule has 5 heteroatoms. The predicted molar refractivity (Wildman–Crippen MR) is 78.2 cm³/mol. The lowest BCUT2D eigenvalue weighted by Gasteiger charge is -2.13. The summed E-state index contributed by atoms with van der Waals surface area (Å²) >= 11 is 0. The van der Waals surface area contributed by atoms with E-state index in [1.54, 1.807) is 30.3 Å². The first-order chi connectivity index (χ1) is 10.2. The Hall–Kier alpha value is -2.66. The van der Waals surface area contributed by atoms with Crippen LogP contribution in [-0.4, -0.2) is 23.1 Å². The number of benzene rings is 2. The molecule has 108 valence electrons. The minimum atomic E-state index is -1.58. The van der Waals surface area contributed by atoms with Gasteiger partial charge in [0.05, 0.1) is 0 Å². The average Bonchev–Trinajstić information content (AvgIpc) is 2.54. The minimum absolute atomic E-state index is 0.290. The van der Waals surface area contributed by atoms with E-state index in [0.29, 0.717) is 5.56 Å². The molecule has 0 fully saturated rings. The highest BCUT2D eigenvalue weighted by Gasteiger charge is 2.17. The summed E-state index contributed by atoms with van der Waals surface area (Å²) in [6.45, 7) is 0.290. The molecule has 2 rings (SSSR count). The molecule has 2 amide bonds. The molecule has 0 saturated carbocycles. The van der Waals surface area contributed by atoms with Gasteiger partial charge in [0.15, 0.2) is 0 Å². The van der Waals surface area contributed by atoms with E-state index in [9.17, 15) is 14.7 Å². The van der Waals surface area contributed by atoms with Crippen molar-refractivity contribution in [2.45, 2.75) is 12.8 Å². The number of carbonyl (C=O) groups is 2. The standard InChI is InChI=1S/C16H16N2O3/c19-14(13-9-5-2-6-10-13)18-16(21)15(20)17-11-12-7-3-1-4-8-12/h1-10,16,21H,11H2,(H,17,20)(H,18,19). The molecule has 21 heavy (non-hydrogen) atoms. The average molecular weight is 284 g/mol. The molecule has 5 nitrogen and oxygen atoms in total. The van der Waals surface area contributed by atoms with Gasteiger partial charge in [-0.3, -0.25) is 9.59 Å². The third-order valence-electron chi connectivity index (χ3n) is 2.86. The molecule has 2 aromatic carbocycles. The molecule has 2 aromatic rings. The Morgan fingerprint density at radius 2 is 1.52 bits per heavy atom. The minimum Gasteiger partial charge on any atom is -0.365 e. The van der Waals surface area contributed by atoms with Gasteiger partial charge in [-0.05, 0) is 17.7 Å². The molecule has 1 unspecified atom stereocenters. The van der Waals surface area contributed by atoms with E-state index in [1.165, 1.54) is 0 Å². The maximum Gasteiger partial charge on any atom is 0.270 e. The van der Waals surface area contributed by atoms with E-state index >= 15 is 0 Å². The molecule has 0 aliphatic carbocycles. The lowest BCUT2D eigenvalue weighted by Crippen LogP contribution is -2.46. The summed E-state index contributed by atoms with van der Waals surface area (Å²) in [6.07, 6.45) is -1.58. The molecule has 0 aliphatic rings. The maximum absolute atomic E-state index is 11.8. The molecule has 1 atom stereocenters. The highest BCUT2D eigenvalue weighted by molar-refractivity contribution is 5.96. The second-order valence-corrected chi connectivity index (χ2v) is 4.45. The van der Waals surface area contributed by atoms with E-state index < -0.39 is 18.0 Å². The highest BCUT2D eigenvalue weighted by atomic mass is 16.3. The third kappa shape index (κ3) is 4.43. The summed E-state index contributed by atoms with van der Waals surface area (Å²) in [5.74, 6) is -1.15. The summed E-state index contributed by atoms with van der Waals surface area (Å²) in [5.41, 5.74) is 1.29. The molecular formula is C16H16N2O3. The molecule has 3 N–H and O–H groups in total. The van der Waals surface area contributed by atoms with E-state index in [4.69, 9.17) is 0 Å². The zero-order chi connectivity index (χ0) is 15.1. The Morgan fingerprint density at radius 1 is 0.952 bits per heavy atom. The summed E-state index contributed by atoms with van der Waals surface area (Å²) in [5, 5.41) is 14.5. The Labute approximate surface area is 122 Å².